The minimum atomic E-state index is -0.419. The molecule has 0 saturated heterocycles. The van der Waals surface area contributed by atoms with E-state index in [0.717, 1.165) is 35.0 Å². The maximum absolute atomic E-state index is 6.37. The highest BCUT2D eigenvalue weighted by Crippen LogP contribution is 2.35. The van der Waals surface area contributed by atoms with E-state index >= 15 is 0 Å². The van der Waals surface area contributed by atoms with E-state index in [4.69, 9.17) is 10.3 Å². The number of hydrogen-bond acceptors (Lipinski definition) is 5. The molecule has 0 amide bonds. The van der Waals surface area contributed by atoms with Crippen LogP contribution in [-0.2, 0) is 5.54 Å². The van der Waals surface area contributed by atoms with Crippen LogP contribution in [0, 0.1) is 0 Å². The van der Waals surface area contributed by atoms with Crippen molar-refractivity contribution in [2.75, 3.05) is 0 Å². The van der Waals surface area contributed by atoms with Gasteiger partial charge in [0.25, 0.3) is 0 Å². The van der Waals surface area contributed by atoms with Crippen molar-refractivity contribution in [1.29, 1.82) is 0 Å². The predicted molar refractivity (Wildman–Crippen MR) is 81.5 cm³/mol. The molecule has 104 valence electrons. The summed E-state index contributed by atoms with van der Waals surface area (Å²) in [7, 11) is 0. The first-order chi connectivity index (χ1) is 8.67. The number of nitrogens with zero attached hydrogens (tertiary/aromatic N) is 2. The normalized spacial score (nSPS) is 18.0. The van der Waals surface area contributed by atoms with Crippen LogP contribution in [0.15, 0.2) is 20.4 Å². The van der Waals surface area contributed by atoms with Crippen molar-refractivity contribution in [2.24, 2.45) is 5.73 Å². The number of nitrogens with two attached hydrogens (primary N) is 1. The summed E-state index contributed by atoms with van der Waals surface area (Å²) < 4.78 is 6.41. The van der Waals surface area contributed by atoms with Gasteiger partial charge >= 0.3 is 0 Å². The van der Waals surface area contributed by atoms with Gasteiger partial charge in [-0.25, -0.2) is 0 Å². The molecule has 2 N–H and O–H groups in total. The third-order valence-electron chi connectivity index (χ3n) is 3.39. The van der Waals surface area contributed by atoms with Crippen molar-refractivity contribution in [1.82, 2.24) is 10.1 Å². The fraction of sp³-hybridized carbons (Fsp3) is 0.500. The van der Waals surface area contributed by atoms with Gasteiger partial charge in [-0.05, 0) is 34.8 Å². The summed E-state index contributed by atoms with van der Waals surface area (Å²) in [5, 5.41) is 6.05. The molecule has 3 rings (SSSR count). The Morgan fingerprint density at radius 1 is 1.32 bits per heavy atom. The molecule has 7 heteroatoms. The number of thiophene rings is 1. The molecule has 4 nitrogen and oxygen atoms in total. The Hall–Kier alpha value is -0.430. The largest absolute Gasteiger partial charge is 0.337 e. The Morgan fingerprint density at radius 2 is 2.05 bits per heavy atom. The van der Waals surface area contributed by atoms with Gasteiger partial charge in [-0.1, -0.05) is 24.4 Å². The average molecular weight is 365 g/mol. The van der Waals surface area contributed by atoms with E-state index in [1.807, 2.05) is 11.4 Å². The fourth-order valence-electron chi connectivity index (χ4n) is 2.35. The SMILES string of the molecule is Cl.NC1(c2nc(-c3cc(Br)cs3)no2)CCCCC1. The predicted octanol–water partition coefficient (Wildman–Crippen LogP) is 4.10. The maximum Gasteiger partial charge on any atom is 0.247 e. The Labute approximate surface area is 130 Å². The van der Waals surface area contributed by atoms with E-state index < -0.39 is 5.54 Å². The third-order valence-corrected chi connectivity index (χ3v) is 5.07. The van der Waals surface area contributed by atoms with Gasteiger partial charge in [0, 0.05) is 9.85 Å². The van der Waals surface area contributed by atoms with Crippen molar-refractivity contribution >= 4 is 39.7 Å². The first-order valence-electron chi connectivity index (χ1n) is 6.05. The first kappa shape index (κ1) is 15.0. The van der Waals surface area contributed by atoms with Crippen LogP contribution in [0.5, 0.6) is 0 Å². The molecule has 1 aliphatic rings. The zero-order valence-electron chi connectivity index (χ0n) is 10.3. The van der Waals surface area contributed by atoms with Crippen LogP contribution < -0.4 is 5.73 Å². The van der Waals surface area contributed by atoms with Crippen molar-refractivity contribution in [3.63, 3.8) is 0 Å². The topological polar surface area (TPSA) is 64.9 Å². The van der Waals surface area contributed by atoms with Crippen LogP contribution in [0.25, 0.3) is 10.7 Å². The van der Waals surface area contributed by atoms with Crippen LogP contribution in [-0.4, -0.2) is 10.1 Å². The molecule has 2 heterocycles. The van der Waals surface area contributed by atoms with E-state index in [1.165, 1.54) is 6.42 Å². The van der Waals surface area contributed by atoms with Crippen LogP contribution in [0.1, 0.15) is 38.0 Å². The van der Waals surface area contributed by atoms with Crippen LogP contribution in [0.3, 0.4) is 0 Å². The lowest BCUT2D eigenvalue weighted by atomic mass is 9.82. The van der Waals surface area contributed by atoms with E-state index in [9.17, 15) is 0 Å². The van der Waals surface area contributed by atoms with Crippen molar-refractivity contribution < 1.29 is 4.52 Å². The first-order valence-corrected chi connectivity index (χ1v) is 7.72. The van der Waals surface area contributed by atoms with Gasteiger partial charge in [-0.2, -0.15) is 4.98 Å². The summed E-state index contributed by atoms with van der Waals surface area (Å²) in [5.74, 6) is 1.22. The minimum absolute atomic E-state index is 0. The van der Waals surface area contributed by atoms with Gasteiger partial charge < -0.3 is 10.3 Å². The molecule has 0 aliphatic heterocycles. The number of aromatic nitrogens is 2. The lowest BCUT2D eigenvalue weighted by Crippen LogP contribution is -2.38. The van der Waals surface area contributed by atoms with E-state index in [0.29, 0.717) is 11.7 Å². The Morgan fingerprint density at radius 3 is 2.68 bits per heavy atom. The van der Waals surface area contributed by atoms with Gasteiger partial charge in [-0.15, -0.1) is 23.7 Å². The number of rotatable bonds is 2. The van der Waals surface area contributed by atoms with Gasteiger partial charge in [0.1, 0.15) is 0 Å². The smallest absolute Gasteiger partial charge is 0.247 e. The second-order valence-corrected chi connectivity index (χ2v) is 6.60. The lowest BCUT2D eigenvalue weighted by Gasteiger charge is -2.29. The molecule has 1 saturated carbocycles. The maximum atomic E-state index is 6.37. The van der Waals surface area contributed by atoms with Gasteiger partial charge in [0.2, 0.25) is 11.7 Å². The summed E-state index contributed by atoms with van der Waals surface area (Å²) in [6, 6.07) is 1.99. The molecule has 2 aromatic heterocycles. The Balaban J connectivity index is 0.00000133. The van der Waals surface area contributed by atoms with Crippen molar-refractivity contribution in [3.8, 4) is 10.7 Å². The summed E-state index contributed by atoms with van der Waals surface area (Å²) in [5.41, 5.74) is 5.96. The number of halogens is 2. The van der Waals surface area contributed by atoms with E-state index in [2.05, 4.69) is 26.1 Å². The zero-order chi connectivity index (χ0) is 12.6. The molecule has 1 aliphatic carbocycles. The molecule has 0 spiro atoms. The minimum Gasteiger partial charge on any atom is -0.337 e. The number of hydrogen-bond donors (Lipinski definition) is 1. The molecular weight excluding hydrogens is 350 g/mol. The lowest BCUT2D eigenvalue weighted by molar-refractivity contribution is 0.220. The molecule has 0 radical (unpaired) electrons. The Kier molecular flexibility index (Phi) is 4.66. The fourth-order valence-corrected chi connectivity index (χ4v) is 3.70. The second kappa shape index (κ2) is 5.91. The Bertz CT molecular complexity index is 551. The molecule has 2 aromatic rings. The van der Waals surface area contributed by atoms with Crippen LogP contribution in [0.4, 0.5) is 0 Å². The van der Waals surface area contributed by atoms with E-state index in [1.54, 1.807) is 11.3 Å². The summed E-state index contributed by atoms with van der Waals surface area (Å²) in [4.78, 5) is 5.47. The monoisotopic (exact) mass is 363 g/mol. The quantitative estimate of drug-likeness (QED) is 0.871. The molecule has 1 fully saturated rings. The standard InChI is InChI=1S/C12H14BrN3OS.ClH/c13-8-6-9(18-7-8)10-15-11(17-16-10)12(14)4-2-1-3-5-12;/h6-7H,1-5,14H2;1H. The molecule has 19 heavy (non-hydrogen) atoms. The average Bonchev–Trinajstić information content (AvgIpc) is 2.98. The van der Waals surface area contributed by atoms with Crippen molar-refractivity contribution in [3.05, 3.63) is 21.8 Å². The summed E-state index contributed by atoms with van der Waals surface area (Å²) >= 11 is 5.01. The third kappa shape index (κ3) is 3.02. The van der Waals surface area contributed by atoms with E-state index in [-0.39, 0.29) is 12.4 Å². The zero-order valence-corrected chi connectivity index (χ0v) is 13.5. The highest BCUT2D eigenvalue weighted by atomic mass is 79.9. The molecule has 0 unspecified atom stereocenters. The van der Waals surface area contributed by atoms with Gasteiger partial charge in [0.05, 0.1) is 10.4 Å². The highest BCUT2D eigenvalue weighted by molar-refractivity contribution is 9.10. The van der Waals surface area contributed by atoms with Crippen molar-refractivity contribution in [2.45, 2.75) is 37.6 Å². The highest BCUT2D eigenvalue weighted by Gasteiger charge is 2.35. The molecular formula is C12H15BrClN3OS. The molecule has 0 bridgehead atoms. The molecule has 0 atom stereocenters. The second-order valence-electron chi connectivity index (χ2n) is 4.77. The van der Waals surface area contributed by atoms with Crippen LogP contribution >= 0.6 is 39.7 Å². The summed E-state index contributed by atoms with van der Waals surface area (Å²) in [6.07, 6.45) is 5.39. The molecule has 0 aromatic carbocycles. The van der Waals surface area contributed by atoms with Gasteiger partial charge in [-0.3, -0.25) is 0 Å². The summed E-state index contributed by atoms with van der Waals surface area (Å²) in [6.45, 7) is 0. The van der Waals surface area contributed by atoms with Gasteiger partial charge in [0.15, 0.2) is 0 Å². The van der Waals surface area contributed by atoms with Crippen LogP contribution in [0.2, 0.25) is 0 Å².